The fourth-order valence-corrected chi connectivity index (χ4v) is 0.513. The van der Waals surface area contributed by atoms with Crippen LogP contribution in [-0.4, -0.2) is 6.29 Å². The van der Waals surface area contributed by atoms with Crippen molar-refractivity contribution in [2.24, 2.45) is 11.8 Å². The molecular weight excluding hydrogens is 136 g/mol. The Labute approximate surface area is 68.8 Å². The van der Waals surface area contributed by atoms with E-state index in [2.05, 4.69) is 20.4 Å². The molecule has 0 aliphatic heterocycles. The minimum atomic E-state index is 0.00509. The lowest BCUT2D eigenvalue weighted by molar-refractivity contribution is -0.109. The molecule has 0 bridgehead atoms. The zero-order valence-corrected chi connectivity index (χ0v) is 7.50. The lowest BCUT2D eigenvalue weighted by Crippen LogP contribution is -1.92. The van der Waals surface area contributed by atoms with Crippen LogP contribution in [0.3, 0.4) is 0 Å². The third-order valence-corrected chi connectivity index (χ3v) is 1.57. The molecule has 1 nitrogen and oxygen atoms in total. The van der Waals surface area contributed by atoms with Gasteiger partial charge in [-0.05, 0) is 5.92 Å². The zero-order valence-electron chi connectivity index (χ0n) is 7.50. The fraction of sp³-hybridized carbons (Fsp3) is 0.500. The molecule has 1 heteroatoms. The Morgan fingerprint density at radius 1 is 1.36 bits per heavy atom. The average Bonchev–Trinajstić information content (AvgIpc) is 1.99. The van der Waals surface area contributed by atoms with Crippen molar-refractivity contribution in [1.29, 1.82) is 0 Å². The van der Waals surface area contributed by atoms with Crippen LogP contribution in [-0.2, 0) is 4.79 Å². The normalized spacial score (nSPS) is 13.8. The second kappa shape index (κ2) is 4.89. The maximum absolute atomic E-state index is 10.2. The van der Waals surface area contributed by atoms with Crippen molar-refractivity contribution < 1.29 is 4.79 Å². The van der Waals surface area contributed by atoms with Crippen molar-refractivity contribution in [2.75, 3.05) is 0 Å². The number of carbonyl (C=O) groups is 1. The summed E-state index contributed by atoms with van der Waals surface area (Å²) in [6, 6.07) is 0. The summed E-state index contributed by atoms with van der Waals surface area (Å²) >= 11 is 0. The summed E-state index contributed by atoms with van der Waals surface area (Å²) in [7, 11) is 0. The fourth-order valence-electron chi connectivity index (χ4n) is 0.513. The SMILES string of the molecule is C=C(C=CC(C)C=O)C(C)C. The summed E-state index contributed by atoms with van der Waals surface area (Å²) in [5.74, 6) is 0.468. The van der Waals surface area contributed by atoms with E-state index in [0.29, 0.717) is 5.92 Å². The Hall–Kier alpha value is -0.850. The number of hydrogen-bond acceptors (Lipinski definition) is 1. The first kappa shape index (κ1) is 10.2. The van der Waals surface area contributed by atoms with E-state index >= 15 is 0 Å². The predicted octanol–water partition coefficient (Wildman–Crippen LogP) is 2.59. The van der Waals surface area contributed by atoms with E-state index in [-0.39, 0.29) is 5.92 Å². The molecule has 11 heavy (non-hydrogen) atoms. The molecule has 0 rings (SSSR count). The van der Waals surface area contributed by atoms with E-state index in [1.54, 1.807) is 0 Å². The first-order valence-corrected chi connectivity index (χ1v) is 3.90. The highest BCUT2D eigenvalue weighted by atomic mass is 16.1. The number of allylic oxidation sites excluding steroid dienone is 3. The molecule has 0 aromatic heterocycles. The van der Waals surface area contributed by atoms with Crippen molar-refractivity contribution in [3.63, 3.8) is 0 Å². The number of hydrogen-bond donors (Lipinski definition) is 0. The van der Waals surface area contributed by atoms with Gasteiger partial charge in [0.1, 0.15) is 6.29 Å². The Bertz CT molecular complexity index is 166. The van der Waals surface area contributed by atoms with Crippen molar-refractivity contribution in [3.05, 3.63) is 24.3 Å². The van der Waals surface area contributed by atoms with Gasteiger partial charge in [-0.3, -0.25) is 0 Å². The van der Waals surface area contributed by atoms with Gasteiger partial charge in [0.25, 0.3) is 0 Å². The van der Waals surface area contributed by atoms with Crippen molar-refractivity contribution in [2.45, 2.75) is 20.8 Å². The lowest BCUT2D eigenvalue weighted by atomic mass is 10.0. The molecule has 0 spiro atoms. The van der Waals surface area contributed by atoms with Crippen LogP contribution in [0.5, 0.6) is 0 Å². The van der Waals surface area contributed by atoms with E-state index in [1.807, 2.05) is 19.1 Å². The first-order valence-electron chi connectivity index (χ1n) is 3.90. The van der Waals surface area contributed by atoms with Gasteiger partial charge in [-0.1, -0.05) is 45.1 Å². The molecular formula is C10H16O. The van der Waals surface area contributed by atoms with Gasteiger partial charge in [0.2, 0.25) is 0 Å². The first-order chi connectivity index (χ1) is 5.07. The molecule has 0 aromatic carbocycles. The van der Waals surface area contributed by atoms with Gasteiger partial charge < -0.3 is 4.79 Å². The molecule has 0 amide bonds. The Morgan fingerprint density at radius 2 is 1.91 bits per heavy atom. The maximum atomic E-state index is 10.2. The highest BCUT2D eigenvalue weighted by molar-refractivity contribution is 5.56. The largest absolute Gasteiger partial charge is 0.303 e. The second-order valence-corrected chi connectivity index (χ2v) is 3.08. The topological polar surface area (TPSA) is 17.1 Å². The van der Waals surface area contributed by atoms with Crippen LogP contribution in [0.15, 0.2) is 24.3 Å². The Balaban J connectivity index is 3.92. The number of aldehydes is 1. The van der Waals surface area contributed by atoms with Gasteiger partial charge in [0.15, 0.2) is 0 Å². The smallest absolute Gasteiger partial charge is 0.126 e. The molecule has 1 atom stereocenters. The van der Waals surface area contributed by atoms with E-state index in [4.69, 9.17) is 0 Å². The van der Waals surface area contributed by atoms with Crippen LogP contribution in [0.25, 0.3) is 0 Å². The van der Waals surface area contributed by atoms with Gasteiger partial charge in [0.05, 0.1) is 0 Å². The lowest BCUT2D eigenvalue weighted by Gasteiger charge is -2.02. The van der Waals surface area contributed by atoms with Gasteiger partial charge in [0, 0.05) is 5.92 Å². The minimum absolute atomic E-state index is 0.00509. The monoisotopic (exact) mass is 152 g/mol. The van der Waals surface area contributed by atoms with E-state index in [0.717, 1.165) is 11.9 Å². The number of rotatable bonds is 4. The van der Waals surface area contributed by atoms with Crippen LogP contribution < -0.4 is 0 Å². The van der Waals surface area contributed by atoms with Crippen LogP contribution in [0.4, 0.5) is 0 Å². The van der Waals surface area contributed by atoms with Gasteiger partial charge in [-0.2, -0.15) is 0 Å². The van der Waals surface area contributed by atoms with Crippen molar-refractivity contribution in [3.8, 4) is 0 Å². The molecule has 0 aromatic rings. The molecule has 0 N–H and O–H groups in total. The van der Waals surface area contributed by atoms with Crippen molar-refractivity contribution >= 4 is 6.29 Å². The highest BCUT2D eigenvalue weighted by Crippen LogP contribution is 2.08. The number of carbonyl (C=O) groups excluding carboxylic acids is 1. The molecule has 0 heterocycles. The summed E-state index contributed by atoms with van der Waals surface area (Å²) in [5.41, 5.74) is 1.07. The summed E-state index contributed by atoms with van der Waals surface area (Å²) in [6.07, 6.45) is 4.71. The summed E-state index contributed by atoms with van der Waals surface area (Å²) in [6.45, 7) is 9.88. The molecule has 0 fully saturated rings. The zero-order chi connectivity index (χ0) is 8.85. The average molecular weight is 152 g/mol. The predicted molar refractivity (Wildman–Crippen MR) is 48.3 cm³/mol. The Kier molecular flexibility index (Phi) is 4.51. The van der Waals surface area contributed by atoms with Crippen LogP contribution in [0.1, 0.15) is 20.8 Å². The molecule has 0 radical (unpaired) electrons. The van der Waals surface area contributed by atoms with Crippen LogP contribution in [0.2, 0.25) is 0 Å². The van der Waals surface area contributed by atoms with E-state index in [9.17, 15) is 4.79 Å². The third kappa shape index (κ3) is 4.54. The molecule has 0 aliphatic rings. The minimum Gasteiger partial charge on any atom is -0.303 e. The molecule has 62 valence electrons. The molecule has 0 saturated carbocycles. The molecule has 0 saturated heterocycles. The van der Waals surface area contributed by atoms with Crippen molar-refractivity contribution in [1.82, 2.24) is 0 Å². The van der Waals surface area contributed by atoms with Gasteiger partial charge in [-0.25, -0.2) is 0 Å². The summed E-state index contributed by atoms with van der Waals surface area (Å²) < 4.78 is 0. The van der Waals surface area contributed by atoms with Gasteiger partial charge >= 0.3 is 0 Å². The van der Waals surface area contributed by atoms with E-state index < -0.39 is 0 Å². The maximum Gasteiger partial charge on any atom is 0.126 e. The third-order valence-electron chi connectivity index (χ3n) is 1.57. The van der Waals surface area contributed by atoms with Crippen LogP contribution >= 0.6 is 0 Å². The molecule has 0 aliphatic carbocycles. The Morgan fingerprint density at radius 3 is 2.27 bits per heavy atom. The van der Waals surface area contributed by atoms with E-state index in [1.165, 1.54) is 0 Å². The highest BCUT2D eigenvalue weighted by Gasteiger charge is 1.96. The summed E-state index contributed by atoms with van der Waals surface area (Å²) in [5, 5.41) is 0. The molecule has 1 unspecified atom stereocenters. The van der Waals surface area contributed by atoms with Crippen LogP contribution in [0, 0.1) is 11.8 Å². The second-order valence-electron chi connectivity index (χ2n) is 3.08. The quantitative estimate of drug-likeness (QED) is 0.447. The standard InChI is InChI=1S/C10H16O/c1-8(2)10(4)6-5-9(3)7-11/h5-9H,4H2,1-3H3. The summed E-state index contributed by atoms with van der Waals surface area (Å²) in [4.78, 5) is 10.2. The van der Waals surface area contributed by atoms with Gasteiger partial charge in [-0.15, -0.1) is 0 Å².